The average molecular weight is 650 g/mol. The van der Waals surface area contributed by atoms with E-state index in [1.54, 1.807) is 18.9 Å². The van der Waals surface area contributed by atoms with Crippen LogP contribution in [0.3, 0.4) is 0 Å². The van der Waals surface area contributed by atoms with E-state index < -0.39 is 24.0 Å². The van der Waals surface area contributed by atoms with Gasteiger partial charge in [-0.15, -0.1) is 6.58 Å². The summed E-state index contributed by atoms with van der Waals surface area (Å²) in [5.74, 6) is -1.07. The Morgan fingerprint density at radius 3 is 1.86 bits per heavy atom. The lowest BCUT2D eigenvalue weighted by molar-refractivity contribution is -0.143. The lowest BCUT2D eigenvalue weighted by atomic mass is 9.87. The van der Waals surface area contributed by atoms with Gasteiger partial charge in [0.25, 0.3) is 0 Å². The molecule has 4 amide bonds. The molecule has 1 rings (SSSR count). The number of likely N-dealkylation sites (N-methyl/N-ethyl adjacent to an activating group) is 1. The molecule has 1 saturated heterocycles. The second-order valence-corrected chi connectivity index (χ2v) is 12.1. The Labute approximate surface area is 276 Å². The molecule has 0 aromatic carbocycles. The number of aliphatic carboxylic acids is 1. The summed E-state index contributed by atoms with van der Waals surface area (Å²) in [5.41, 5.74) is 0.0507. The van der Waals surface area contributed by atoms with Gasteiger partial charge in [0.2, 0.25) is 12.3 Å². The molecule has 1 aliphatic heterocycles. The van der Waals surface area contributed by atoms with E-state index in [9.17, 15) is 19.2 Å². The molecule has 0 aliphatic carbocycles. The van der Waals surface area contributed by atoms with E-state index in [2.05, 4.69) is 68.4 Å². The number of carbonyl (C=O) groups excluding carboxylic acids is 3. The fraction of sp³-hybridized carbons (Fsp3) is 0.818. The third-order valence-corrected chi connectivity index (χ3v) is 6.41. The molecular weight excluding hydrogens is 578 g/mol. The van der Waals surface area contributed by atoms with Crippen LogP contribution in [0.2, 0.25) is 0 Å². The van der Waals surface area contributed by atoms with E-state index in [4.69, 9.17) is 5.11 Å². The Kier molecular flexibility index (Phi) is 37.5. The van der Waals surface area contributed by atoms with E-state index in [0.29, 0.717) is 25.9 Å². The fourth-order valence-corrected chi connectivity index (χ4v) is 3.54. The molecule has 1 fully saturated rings. The molecule has 4 N–H and O–H groups in total. The van der Waals surface area contributed by atoms with Crippen LogP contribution in [0, 0.1) is 17.3 Å². The Hall–Kier alpha value is -2.27. The Morgan fingerprint density at radius 1 is 1.05 bits per heavy atom. The van der Waals surface area contributed by atoms with Gasteiger partial charge in [0.15, 0.2) is 0 Å². The monoisotopic (exact) mass is 650 g/mol. The zero-order valence-corrected chi connectivity index (χ0v) is 32.0. The van der Waals surface area contributed by atoms with Crippen LogP contribution in [-0.2, 0) is 14.4 Å². The number of rotatable bonds is 11. The number of nitrogens with one attached hydrogen (secondary N) is 3. The lowest BCUT2D eigenvalue weighted by Gasteiger charge is -2.33. The van der Waals surface area contributed by atoms with Gasteiger partial charge >= 0.3 is 12.0 Å². The number of carbonyl (C=O) groups is 4. The molecule has 44 heavy (non-hydrogen) atoms. The fourth-order valence-electron chi connectivity index (χ4n) is 3.24. The third kappa shape index (κ3) is 27.3. The molecule has 1 heterocycles. The second kappa shape index (κ2) is 32.1. The van der Waals surface area contributed by atoms with E-state index in [-0.39, 0.29) is 23.4 Å². The Balaban J connectivity index is -0.000000179. The van der Waals surface area contributed by atoms with Gasteiger partial charge in [-0.25, -0.2) is 9.59 Å². The highest BCUT2D eigenvalue weighted by Gasteiger charge is 2.33. The number of likely N-dealkylation sites (tertiary alicyclic amines) is 1. The van der Waals surface area contributed by atoms with Crippen molar-refractivity contribution in [1.82, 2.24) is 25.2 Å². The van der Waals surface area contributed by atoms with Gasteiger partial charge in [-0.1, -0.05) is 108 Å². The minimum absolute atomic E-state index is 0.0507. The highest BCUT2D eigenvalue weighted by Crippen LogP contribution is 2.21. The predicted octanol–water partition coefficient (Wildman–Crippen LogP) is 6.67. The number of amides is 4. The Morgan fingerprint density at radius 2 is 1.52 bits per heavy atom. The number of carboxylic acid groups (broad SMARTS) is 1. The first-order valence-corrected chi connectivity index (χ1v) is 17.4. The van der Waals surface area contributed by atoms with Gasteiger partial charge in [0.05, 0.1) is 0 Å². The molecular formula is C33H71N5O5S. The summed E-state index contributed by atoms with van der Waals surface area (Å²) in [7, 11) is 2.03. The molecule has 0 saturated carbocycles. The SMILES string of the molecule is C=CC(C)C(NC(=O)[C@@H]1CCCN1C=O)C(=O)O.CC.CC.CC.CC(C)C.CCNC(=O)NC(CN(C)SC)C(C)(C)C. The number of nitrogens with zero attached hydrogens (tertiary/aromatic N) is 2. The van der Waals surface area contributed by atoms with Crippen LogP contribution in [0.5, 0.6) is 0 Å². The maximum Gasteiger partial charge on any atom is 0.326 e. The van der Waals surface area contributed by atoms with Gasteiger partial charge in [-0.2, -0.15) is 0 Å². The summed E-state index contributed by atoms with van der Waals surface area (Å²) in [4.78, 5) is 46.7. The zero-order chi connectivity index (χ0) is 36.1. The number of hydrogen-bond donors (Lipinski definition) is 4. The summed E-state index contributed by atoms with van der Waals surface area (Å²) in [6.45, 7) is 34.0. The highest BCUT2D eigenvalue weighted by molar-refractivity contribution is 7.96. The van der Waals surface area contributed by atoms with Crippen molar-refractivity contribution in [2.24, 2.45) is 17.3 Å². The zero-order valence-electron chi connectivity index (χ0n) is 31.2. The predicted molar refractivity (Wildman–Crippen MR) is 191 cm³/mol. The van der Waals surface area contributed by atoms with Crippen LogP contribution in [0.25, 0.3) is 0 Å². The van der Waals surface area contributed by atoms with Gasteiger partial charge in [-0.3, -0.25) is 13.9 Å². The van der Waals surface area contributed by atoms with Crippen molar-refractivity contribution in [3.05, 3.63) is 12.7 Å². The number of urea groups is 1. The molecule has 0 spiro atoms. The first-order chi connectivity index (χ1) is 20.5. The number of hydrogen-bond acceptors (Lipinski definition) is 6. The van der Waals surface area contributed by atoms with Crippen LogP contribution in [0.4, 0.5) is 4.79 Å². The third-order valence-electron chi connectivity index (χ3n) is 5.63. The summed E-state index contributed by atoms with van der Waals surface area (Å²) in [6, 6.07) is -1.51. The van der Waals surface area contributed by atoms with Crippen molar-refractivity contribution >= 4 is 36.3 Å². The molecule has 0 aromatic rings. The molecule has 1 aliphatic rings. The smallest absolute Gasteiger partial charge is 0.326 e. The second-order valence-electron chi connectivity index (χ2n) is 11.1. The Bertz CT molecular complexity index is 729. The molecule has 0 aromatic heterocycles. The molecule has 4 atom stereocenters. The maximum absolute atomic E-state index is 11.9. The molecule has 10 nitrogen and oxygen atoms in total. The van der Waals surface area contributed by atoms with Crippen molar-refractivity contribution in [3.63, 3.8) is 0 Å². The van der Waals surface area contributed by atoms with Crippen LogP contribution >= 0.6 is 11.9 Å². The molecule has 3 unspecified atom stereocenters. The minimum atomic E-state index is -1.11. The minimum Gasteiger partial charge on any atom is -0.480 e. The standard InChI is InChI=1S/C12H18N2O4.C11H25N3OS.C4H10.3C2H6/c1-3-8(2)10(12(17)18)13-11(16)9-5-4-6-14(9)7-15;1-7-12-10(15)13-9(11(2,3)4)8-14(5)16-6;1-4(2)3;3*1-2/h3,7-10H,1,4-6H2,2H3,(H,13,16)(H,17,18);9H,7-8H2,1-6H3,(H2,12,13,15);4H,1-3H3;3*1-2H3/t8?,9-,10?;;;;;/m0...../s1. The van der Waals surface area contributed by atoms with Crippen molar-refractivity contribution < 1.29 is 24.3 Å². The molecule has 11 heteroatoms. The quantitative estimate of drug-likeness (QED) is 0.112. The van der Waals surface area contributed by atoms with E-state index in [1.165, 1.54) is 11.0 Å². The van der Waals surface area contributed by atoms with Crippen LogP contribution in [0.15, 0.2) is 12.7 Å². The lowest BCUT2D eigenvalue weighted by Crippen LogP contribution is -2.52. The van der Waals surface area contributed by atoms with Crippen molar-refractivity contribution in [3.8, 4) is 0 Å². The largest absolute Gasteiger partial charge is 0.480 e. The van der Waals surface area contributed by atoms with Gasteiger partial charge in [0.1, 0.15) is 12.1 Å². The van der Waals surface area contributed by atoms with Gasteiger partial charge in [-0.05, 0) is 44.4 Å². The van der Waals surface area contributed by atoms with Gasteiger partial charge in [0, 0.05) is 31.6 Å². The summed E-state index contributed by atoms with van der Waals surface area (Å²) in [6.07, 6.45) is 5.46. The molecule has 0 radical (unpaired) electrons. The van der Waals surface area contributed by atoms with E-state index >= 15 is 0 Å². The first kappa shape index (κ1) is 51.3. The van der Waals surface area contributed by atoms with Crippen LogP contribution in [-0.4, -0.2) is 89.7 Å². The van der Waals surface area contributed by atoms with Crippen molar-refractivity contribution in [2.45, 2.75) is 128 Å². The highest BCUT2D eigenvalue weighted by atomic mass is 32.2. The van der Waals surface area contributed by atoms with Crippen molar-refractivity contribution in [2.75, 3.05) is 32.9 Å². The van der Waals surface area contributed by atoms with Crippen molar-refractivity contribution in [1.29, 1.82) is 0 Å². The molecule has 0 bridgehead atoms. The van der Waals surface area contributed by atoms with Gasteiger partial charge < -0.3 is 26.0 Å². The normalized spacial score (nSPS) is 15.2. The van der Waals surface area contributed by atoms with E-state index in [1.807, 2.05) is 61.8 Å². The average Bonchev–Trinajstić information content (AvgIpc) is 3.47. The molecule has 264 valence electrons. The first-order valence-electron chi connectivity index (χ1n) is 16.2. The summed E-state index contributed by atoms with van der Waals surface area (Å²) < 4.78 is 2.13. The summed E-state index contributed by atoms with van der Waals surface area (Å²) in [5, 5.41) is 17.3. The number of carboxylic acids is 1. The summed E-state index contributed by atoms with van der Waals surface area (Å²) >= 11 is 1.67. The van der Waals surface area contributed by atoms with Crippen LogP contribution in [0.1, 0.15) is 110 Å². The van der Waals surface area contributed by atoms with Crippen LogP contribution < -0.4 is 16.0 Å². The van der Waals surface area contributed by atoms with E-state index in [0.717, 1.165) is 18.9 Å². The maximum atomic E-state index is 11.9. The topological polar surface area (TPSA) is 131 Å².